The molecule has 0 aliphatic rings. The zero-order valence-corrected chi connectivity index (χ0v) is 13.1. The van der Waals surface area contributed by atoms with Crippen molar-refractivity contribution in [3.05, 3.63) is 48.5 Å². The van der Waals surface area contributed by atoms with Crippen molar-refractivity contribution in [3.63, 3.8) is 0 Å². The molecule has 0 amide bonds. The molecule has 3 N–H and O–H groups in total. The number of nitrogens with two attached hydrogens (primary N) is 1. The highest BCUT2D eigenvalue weighted by atomic mass is 32.2. The van der Waals surface area contributed by atoms with Gasteiger partial charge in [0.2, 0.25) is 0 Å². The third-order valence-electron chi connectivity index (χ3n) is 3.15. The summed E-state index contributed by atoms with van der Waals surface area (Å²) in [7, 11) is -1.51. The van der Waals surface area contributed by atoms with E-state index < -0.39 is 8.07 Å². The number of phenols is 1. The fraction of sp³-hybridized carbons (Fsp3) is 0.200. The Kier molecular flexibility index (Phi) is 4.22. The van der Waals surface area contributed by atoms with Gasteiger partial charge >= 0.3 is 0 Å². The number of hydrogen-bond acceptors (Lipinski definition) is 3. The summed E-state index contributed by atoms with van der Waals surface area (Å²) < 4.78 is 0. The van der Waals surface area contributed by atoms with Crippen LogP contribution in [0.3, 0.4) is 0 Å². The van der Waals surface area contributed by atoms with Crippen LogP contribution in [-0.2, 0) is 0 Å². The molecule has 0 bridgehead atoms. The average Bonchev–Trinajstić information content (AvgIpc) is 2.38. The predicted octanol–water partition coefficient (Wildman–Crippen LogP) is 3.22. The minimum absolute atomic E-state index is 0.370. The number of hydrogen-bond donors (Lipinski definition) is 2. The molecule has 0 saturated carbocycles. The lowest BCUT2D eigenvalue weighted by Gasteiger charge is -2.22. The molecule has 4 heteroatoms. The minimum Gasteiger partial charge on any atom is -0.507 e. The van der Waals surface area contributed by atoms with Crippen LogP contribution in [0.15, 0.2) is 53.4 Å². The first-order valence-corrected chi connectivity index (χ1v) is 10.5. The van der Waals surface area contributed by atoms with Crippen LogP contribution < -0.4 is 10.9 Å². The first kappa shape index (κ1) is 14.0. The van der Waals surface area contributed by atoms with Crippen LogP contribution in [-0.4, -0.2) is 18.6 Å². The molecule has 100 valence electrons. The molecule has 0 fully saturated rings. The molecule has 0 aliphatic heterocycles. The number of benzene rings is 2. The minimum atomic E-state index is -1.51. The summed E-state index contributed by atoms with van der Waals surface area (Å²) in [5, 5.41) is 12.2. The maximum absolute atomic E-state index is 9.79. The van der Waals surface area contributed by atoms with E-state index in [0.717, 1.165) is 16.0 Å². The quantitative estimate of drug-likeness (QED) is 0.516. The van der Waals surface area contributed by atoms with Gasteiger partial charge in [-0.05, 0) is 29.6 Å². The van der Waals surface area contributed by atoms with Crippen LogP contribution in [0.2, 0.25) is 13.1 Å². The Morgan fingerprint density at radius 2 is 1.68 bits per heavy atom. The zero-order chi connectivity index (χ0) is 13.9. The Morgan fingerprint density at radius 3 is 2.32 bits per heavy atom. The first-order valence-electron chi connectivity index (χ1n) is 6.26. The molecule has 0 atom stereocenters. The monoisotopic (exact) mass is 289 g/mol. The molecule has 2 nitrogen and oxygen atoms in total. The molecular formula is C15H19NOSSi. The Bertz CT molecular complexity index is 554. The smallest absolute Gasteiger partial charge is 0.129 e. The molecule has 0 saturated heterocycles. The van der Waals surface area contributed by atoms with E-state index in [-0.39, 0.29) is 0 Å². The maximum atomic E-state index is 9.79. The second-order valence-electron chi connectivity index (χ2n) is 5.26. The average molecular weight is 289 g/mol. The molecule has 0 unspecified atom stereocenters. The van der Waals surface area contributed by atoms with E-state index in [1.807, 2.05) is 30.3 Å². The topological polar surface area (TPSA) is 46.2 Å². The Labute approximate surface area is 119 Å². The van der Waals surface area contributed by atoms with Crippen molar-refractivity contribution in [2.24, 2.45) is 0 Å². The number of anilines is 1. The summed E-state index contributed by atoms with van der Waals surface area (Å²) in [5.74, 6) is 0.370. The molecular weight excluding hydrogens is 270 g/mol. The van der Waals surface area contributed by atoms with Crippen LogP contribution in [0.5, 0.6) is 5.75 Å². The van der Waals surface area contributed by atoms with Gasteiger partial charge < -0.3 is 10.8 Å². The maximum Gasteiger partial charge on any atom is 0.129 e. The summed E-state index contributed by atoms with van der Waals surface area (Å²) >= 11 is 1.73. The van der Waals surface area contributed by atoms with Crippen molar-refractivity contribution in [3.8, 4) is 5.75 Å². The normalized spacial score (nSPS) is 11.5. The van der Waals surface area contributed by atoms with Gasteiger partial charge in [-0.25, -0.2) is 0 Å². The molecule has 0 spiro atoms. The number of para-hydroxylation sites is 1. The van der Waals surface area contributed by atoms with Gasteiger partial charge in [-0.3, -0.25) is 0 Å². The lowest BCUT2D eigenvalue weighted by molar-refractivity contribution is 0.462. The van der Waals surface area contributed by atoms with Crippen LogP contribution >= 0.6 is 11.8 Å². The van der Waals surface area contributed by atoms with Crippen molar-refractivity contribution in [2.75, 3.05) is 11.1 Å². The van der Waals surface area contributed by atoms with E-state index >= 15 is 0 Å². The van der Waals surface area contributed by atoms with Gasteiger partial charge in [-0.15, -0.1) is 11.8 Å². The van der Waals surface area contributed by atoms with Crippen molar-refractivity contribution in [1.82, 2.24) is 0 Å². The van der Waals surface area contributed by atoms with Gasteiger partial charge in [0.25, 0.3) is 0 Å². The molecule has 0 heterocycles. The first-order chi connectivity index (χ1) is 8.99. The highest BCUT2D eigenvalue weighted by Crippen LogP contribution is 2.29. The molecule has 19 heavy (non-hydrogen) atoms. The lowest BCUT2D eigenvalue weighted by atomic mass is 10.3. The van der Waals surface area contributed by atoms with Crippen LogP contribution in [0.4, 0.5) is 5.69 Å². The van der Waals surface area contributed by atoms with E-state index in [1.165, 1.54) is 5.19 Å². The molecule has 2 aromatic carbocycles. The summed E-state index contributed by atoms with van der Waals surface area (Å²) in [6.45, 7) is 4.68. The molecule has 2 aromatic rings. The number of thioether (sulfide) groups is 1. The van der Waals surface area contributed by atoms with Crippen molar-refractivity contribution in [1.29, 1.82) is 0 Å². The predicted molar refractivity (Wildman–Crippen MR) is 86.8 cm³/mol. The van der Waals surface area contributed by atoms with E-state index in [9.17, 15) is 5.11 Å². The highest BCUT2D eigenvalue weighted by Gasteiger charge is 2.23. The fourth-order valence-corrected chi connectivity index (χ4v) is 6.05. The number of aromatic hydroxyl groups is 1. The zero-order valence-electron chi connectivity index (χ0n) is 11.3. The third kappa shape index (κ3) is 3.55. The third-order valence-corrected chi connectivity index (χ3v) is 9.16. The Balaban J connectivity index is 2.09. The van der Waals surface area contributed by atoms with E-state index in [1.54, 1.807) is 17.8 Å². The Hall–Kier alpha value is -1.39. The van der Waals surface area contributed by atoms with Gasteiger partial charge in [-0.1, -0.05) is 42.5 Å². The standard InChI is InChI=1S/C15H19NOSSi/c1-19(2,13-9-7-12(16)8-10-13)11-18-15-6-4-3-5-14(15)17/h3-10,17H,11,16H2,1-2H3. The molecule has 2 rings (SSSR count). The van der Waals surface area contributed by atoms with Crippen molar-refractivity contribution in [2.45, 2.75) is 18.0 Å². The van der Waals surface area contributed by atoms with Gasteiger partial charge in [-0.2, -0.15) is 0 Å². The lowest BCUT2D eigenvalue weighted by Crippen LogP contribution is -2.44. The summed E-state index contributed by atoms with van der Waals surface area (Å²) in [5.41, 5.74) is 6.54. The number of rotatable bonds is 4. The van der Waals surface area contributed by atoms with Crippen LogP contribution in [0.25, 0.3) is 0 Å². The van der Waals surface area contributed by atoms with E-state index in [4.69, 9.17) is 5.73 Å². The van der Waals surface area contributed by atoms with Gasteiger partial charge in [0, 0.05) is 10.6 Å². The van der Waals surface area contributed by atoms with Crippen LogP contribution in [0.1, 0.15) is 0 Å². The summed E-state index contributed by atoms with van der Waals surface area (Å²) in [6.07, 6.45) is 0. The van der Waals surface area contributed by atoms with Crippen molar-refractivity contribution >= 4 is 30.7 Å². The molecule has 0 aromatic heterocycles. The molecule has 0 radical (unpaired) electrons. The van der Waals surface area contributed by atoms with Gasteiger partial charge in [0.15, 0.2) is 0 Å². The summed E-state index contributed by atoms with van der Waals surface area (Å²) in [6, 6.07) is 15.7. The number of nitrogen functional groups attached to an aromatic ring is 1. The van der Waals surface area contributed by atoms with E-state index in [0.29, 0.717) is 5.75 Å². The largest absolute Gasteiger partial charge is 0.507 e. The van der Waals surface area contributed by atoms with Gasteiger partial charge in [0.05, 0.1) is 8.07 Å². The SMILES string of the molecule is C[Si](C)(CSc1ccccc1O)c1ccc(N)cc1. The van der Waals surface area contributed by atoms with E-state index in [2.05, 4.69) is 25.2 Å². The fourth-order valence-electron chi connectivity index (χ4n) is 1.86. The van der Waals surface area contributed by atoms with Crippen molar-refractivity contribution < 1.29 is 5.11 Å². The highest BCUT2D eigenvalue weighted by molar-refractivity contribution is 8.01. The second-order valence-corrected chi connectivity index (χ2v) is 11.5. The van der Waals surface area contributed by atoms with Gasteiger partial charge in [0.1, 0.15) is 5.75 Å². The molecule has 0 aliphatic carbocycles. The van der Waals surface area contributed by atoms with Crippen LogP contribution in [0, 0.1) is 0 Å². The second kappa shape index (κ2) is 5.71. The Morgan fingerprint density at radius 1 is 1.05 bits per heavy atom. The summed E-state index contributed by atoms with van der Waals surface area (Å²) in [4.78, 5) is 0.957. The number of phenolic OH excluding ortho intramolecular Hbond substituents is 1.